The summed E-state index contributed by atoms with van der Waals surface area (Å²) in [6.45, 7) is 7.78. The number of nitrogens with one attached hydrogen (secondary N) is 2. The van der Waals surface area contributed by atoms with Crippen molar-refractivity contribution in [3.05, 3.63) is 24.3 Å². The number of aromatic amines is 1. The van der Waals surface area contributed by atoms with Crippen LogP contribution in [0.4, 0.5) is 5.95 Å². The summed E-state index contributed by atoms with van der Waals surface area (Å²) in [6.07, 6.45) is 2.87. The third-order valence-corrected chi connectivity index (χ3v) is 5.45. The highest BCUT2D eigenvalue weighted by Gasteiger charge is 2.48. The second-order valence-electron chi connectivity index (χ2n) is 7.97. The van der Waals surface area contributed by atoms with Gasteiger partial charge in [0.15, 0.2) is 5.82 Å². The normalized spacial score (nSPS) is 16.6. The maximum atomic E-state index is 12.8. The summed E-state index contributed by atoms with van der Waals surface area (Å²) in [5.41, 5.74) is -1.21. The van der Waals surface area contributed by atoms with Gasteiger partial charge in [-0.2, -0.15) is 4.98 Å². The zero-order valence-corrected chi connectivity index (χ0v) is 16.4. The fourth-order valence-electron chi connectivity index (χ4n) is 2.96. The van der Waals surface area contributed by atoms with Crippen molar-refractivity contribution < 1.29 is 14.6 Å². The molecule has 146 valence electrons. The number of amides is 1. The Kier molecular flexibility index (Phi) is 5.24. The molecule has 0 spiro atoms. The summed E-state index contributed by atoms with van der Waals surface area (Å²) < 4.78 is 5.43. The maximum Gasteiger partial charge on any atom is 0.249 e. The lowest BCUT2D eigenvalue weighted by Crippen LogP contribution is -2.50. The number of hydrogen-bond donors (Lipinski definition) is 3. The van der Waals surface area contributed by atoms with Gasteiger partial charge in [-0.15, -0.1) is 5.10 Å². The molecule has 1 aromatic heterocycles. The summed E-state index contributed by atoms with van der Waals surface area (Å²) in [6, 6.07) is 7.47. The third-order valence-electron chi connectivity index (χ3n) is 5.45. The molecule has 1 saturated carbocycles. The van der Waals surface area contributed by atoms with Gasteiger partial charge >= 0.3 is 0 Å². The van der Waals surface area contributed by atoms with Crippen molar-refractivity contribution in [1.82, 2.24) is 15.2 Å². The van der Waals surface area contributed by atoms with Gasteiger partial charge in [-0.05, 0) is 64.3 Å². The average molecular weight is 372 g/mol. The van der Waals surface area contributed by atoms with E-state index in [9.17, 15) is 9.90 Å². The van der Waals surface area contributed by atoms with E-state index in [4.69, 9.17) is 4.74 Å². The van der Waals surface area contributed by atoms with Gasteiger partial charge in [-0.3, -0.25) is 15.2 Å². The molecule has 0 radical (unpaired) electrons. The van der Waals surface area contributed by atoms with Crippen LogP contribution < -0.4 is 10.1 Å². The number of hydrogen-bond acceptors (Lipinski definition) is 5. The summed E-state index contributed by atoms with van der Waals surface area (Å²) in [5, 5.41) is 20.5. The standard InChI is InChI=1S/C20H28N4O3/c1-5-27-15-10-8-14(9-11-15)16-21-18(24-23-16)22-17(25)19(2,3)20(4,26)12-13-6-7-13/h8-11,13,26H,5-7,12H2,1-4H3,(H2,21,22,23,24,25). The SMILES string of the molecule is CCOc1ccc(-c2nc(NC(=O)C(C)(C)C(C)(O)CC3CC3)n[nH]2)cc1. The zero-order chi connectivity index (χ0) is 19.7. The number of nitrogens with zero attached hydrogens (tertiary/aromatic N) is 2. The van der Waals surface area contributed by atoms with E-state index >= 15 is 0 Å². The summed E-state index contributed by atoms with van der Waals surface area (Å²) in [7, 11) is 0. The Morgan fingerprint density at radius 2 is 1.96 bits per heavy atom. The molecule has 1 aromatic carbocycles. The largest absolute Gasteiger partial charge is 0.494 e. The van der Waals surface area contributed by atoms with Crippen LogP contribution in [0.25, 0.3) is 11.4 Å². The van der Waals surface area contributed by atoms with Crippen LogP contribution in [0.1, 0.15) is 47.0 Å². The summed E-state index contributed by atoms with van der Waals surface area (Å²) >= 11 is 0. The van der Waals surface area contributed by atoms with Crippen LogP contribution in [0.5, 0.6) is 5.75 Å². The van der Waals surface area contributed by atoms with E-state index in [1.807, 2.05) is 31.2 Å². The molecule has 3 N–H and O–H groups in total. The Balaban J connectivity index is 1.68. The van der Waals surface area contributed by atoms with Crippen molar-refractivity contribution in [3.8, 4) is 17.1 Å². The highest BCUT2D eigenvalue weighted by atomic mass is 16.5. The lowest BCUT2D eigenvalue weighted by Gasteiger charge is -2.38. The van der Waals surface area contributed by atoms with Crippen molar-refractivity contribution in [1.29, 1.82) is 0 Å². The van der Waals surface area contributed by atoms with Crippen LogP contribution >= 0.6 is 0 Å². The molecule has 0 saturated heterocycles. The first kappa shape index (κ1) is 19.4. The van der Waals surface area contributed by atoms with Crippen molar-refractivity contribution in [2.75, 3.05) is 11.9 Å². The molecular formula is C20H28N4O3. The Morgan fingerprint density at radius 3 is 2.56 bits per heavy atom. The number of ether oxygens (including phenoxy) is 1. The molecule has 7 heteroatoms. The molecule has 1 unspecified atom stereocenters. The van der Waals surface area contributed by atoms with Crippen molar-refractivity contribution in [2.24, 2.45) is 11.3 Å². The van der Waals surface area contributed by atoms with Crippen LogP contribution in [0.3, 0.4) is 0 Å². The molecule has 3 rings (SSSR count). The van der Waals surface area contributed by atoms with Gasteiger partial charge in [0.1, 0.15) is 5.75 Å². The molecule has 1 aliphatic carbocycles. The number of H-pyrrole nitrogens is 1. The Morgan fingerprint density at radius 1 is 1.30 bits per heavy atom. The van der Waals surface area contributed by atoms with Crippen LogP contribution in [-0.2, 0) is 4.79 Å². The molecule has 1 atom stereocenters. The molecule has 1 heterocycles. The Bertz CT molecular complexity index is 792. The first-order valence-electron chi connectivity index (χ1n) is 9.42. The number of anilines is 1. The Labute approximate surface area is 159 Å². The van der Waals surface area contributed by atoms with Crippen molar-refractivity contribution in [2.45, 2.75) is 52.6 Å². The first-order valence-corrected chi connectivity index (χ1v) is 9.42. The number of carbonyl (C=O) groups is 1. The van der Waals surface area contributed by atoms with Gasteiger partial charge in [-0.1, -0.05) is 12.8 Å². The summed E-state index contributed by atoms with van der Waals surface area (Å²) in [4.78, 5) is 17.1. The van der Waals surface area contributed by atoms with Gasteiger partial charge in [0.05, 0.1) is 17.6 Å². The first-order chi connectivity index (χ1) is 12.7. The molecule has 27 heavy (non-hydrogen) atoms. The van der Waals surface area contributed by atoms with Crippen molar-refractivity contribution >= 4 is 11.9 Å². The van der Waals surface area contributed by atoms with Gasteiger partial charge in [-0.25, -0.2) is 0 Å². The predicted octanol–water partition coefficient (Wildman–Crippen LogP) is 3.39. The quantitative estimate of drug-likeness (QED) is 0.659. The fourth-order valence-corrected chi connectivity index (χ4v) is 2.96. The van der Waals surface area contributed by atoms with E-state index in [1.165, 1.54) is 0 Å². The smallest absolute Gasteiger partial charge is 0.249 e. The number of aliphatic hydroxyl groups is 1. The molecule has 0 bridgehead atoms. The fraction of sp³-hybridized carbons (Fsp3) is 0.550. The number of aromatic nitrogens is 3. The van der Waals surface area contributed by atoms with E-state index in [0.717, 1.165) is 24.2 Å². The molecule has 1 fully saturated rings. The van der Waals surface area contributed by atoms with Crippen LogP contribution in [0.2, 0.25) is 0 Å². The highest BCUT2D eigenvalue weighted by Crippen LogP contribution is 2.44. The molecule has 0 aliphatic heterocycles. The van der Waals surface area contributed by atoms with Crippen LogP contribution in [-0.4, -0.2) is 38.4 Å². The van der Waals surface area contributed by atoms with Crippen LogP contribution in [0.15, 0.2) is 24.3 Å². The van der Waals surface area contributed by atoms with Gasteiger partial charge in [0.25, 0.3) is 0 Å². The monoisotopic (exact) mass is 372 g/mol. The van der Waals surface area contributed by atoms with E-state index in [2.05, 4.69) is 20.5 Å². The Hall–Kier alpha value is -2.41. The minimum atomic E-state index is -1.09. The van der Waals surface area contributed by atoms with Crippen molar-refractivity contribution in [3.63, 3.8) is 0 Å². The van der Waals surface area contributed by atoms with E-state index in [-0.39, 0.29) is 11.9 Å². The predicted molar refractivity (Wildman–Crippen MR) is 103 cm³/mol. The minimum absolute atomic E-state index is 0.194. The number of carbonyl (C=O) groups excluding carboxylic acids is 1. The van der Waals surface area contributed by atoms with E-state index in [1.54, 1.807) is 20.8 Å². The zero-order valence-electron chi connectivity index (χ0n) is 16.4. The second kappa shape index (κ2) is 7.31. The molecule has 2 aromatic rings. The van der Waals surface area contributed by atoms with Gasteiger partial charge < -0.3 is 9.84 Å². The summed E-state index contributed by atoms with van der Waals surface area (Å²) in [5.74, 6) is 1.75. The highest BCUT2D eigenvalue weighted by molar-refractivity contribution is 5.94. The minimum Gasteiger partial charge on any atom is -0.494 e. The lowest BCUT2D eigenvalue weighted by molar-refractivity contribution is -0.140. The molecule has 1 aliphatic rings. The maximum absolute atomic E-state index is 12.8. The second-order valence-corrected chi connectivity index (χ2v) is 7.97. The molecular weight excluding hydrogens is 344 g/mol. The van der Waals surface area contributed by atoms with E-state index in [0.29, 0.717) is 24.8 Å². The number of benzene rings is 1. The number of rotatable bonds is 8. The third kappa shape index (κ3) is 4.30. The van der Waals surface area contributed by atoms with Crippen LogP contribution in [0, 0.1) is 11.3 Å². The van der Waals surface area contributed by atoms with Gasteiger partial charge in [0.2, 0.25) is 11.9 Å². The lowest BCUT2D eigenvalue weighted by atomic mass is 9.72. The van der Waals surface area contributed by atoms with Gasteiger partial charge in [0, 0.05) is 5.56 Å². The van der Waals surface area contributed by atoms with E-state index < -0.39 is 11.0 Å². The molecule has 1 amide bonds. The molecule has 7 nitrogen and oxygen atoms in total. The topological polar surface area (TPSA) is 100 Å². The average Bonchev–Trinajstić information content (AvgIpc) is 3.29.